The molecule has 10 heteroatoms. The first-order chi connectivity index (χ1) is 16.3. The van der Waals surface area contributed by atoms with Crippen molar-refractivity contribution in [3.05, 3.63) is 41.9 Å². The average molecular weight is 465 g/mol. The van der Waals surface area contributed by atoms with E-state index in [0.29, 0.717) is 35.2 Å². The van der Waals surface area contributed by atoms with Crippen molar-refractivity contribution in [3.63, 3.8) is 0 Å². The van der Waals surface area contributed by atoms with Gasteiger partial charge in [0, 0.05) is 43.4 Å². The molecule has 0 saturated carbocycles. The molecule has 5 rings (SSSR count). The van der Waals surface area contributed by atoms with Gasteiger partial charge in [-0.15, -0.1) is 0 Å². The number of hydrogen-bond acceptors (Lipinski definition) is 9. The number of rotatable bonds is 5. The topological polar surface area (TPSA) is 140 Å². The molecule has 1 fully saturated rings. The zero-order chi connectivity index (χ0) is 23.9. The van der Waals surface area contributed by atoms with E-state index in [1.54, 1.807) is 18.3 Å². The largest absolute Gasteiger partial charge is 0.471 e. The van der Waals surface area contributed by atoms with Crippen molar-refractivity contribution in [2.75, 3.05) is 35.6 Å². The molecule has 0 atom stereocenters. The van der Waals surface area contributed by atoms with E-state index in [1.165, 1.54) is 6.26 Å². The van der Waals surface area contributed by atoms with Crippen molar-refractivity contribution in [2.45, 2.75) is 38.7 Å². The van der Waals surface area contributed by atoms with Gasteiger partial charge in [0.05, 0.1) is 5.69 Å². The summed E-state index contributed by atoms with van der Waals surface area (Å²) in [5.74, 6) is 1.77. The van der Waals surface area contributed by atoms with Gasteiger partial charge < -0.3 is 30.2 Å². The molecule has 4 N–H and O–H groups in total. The Bertz CT molecular complexity index is 1220. The Hall–Kier alpha value is -3.66. The van der Waals surface area contributed by atoms with E-state index in [1.807, 2.05) is 19.9 Å². The van der Waals surface area contributed by atoms with Crippen LogP contribution in [0.4, 0.5) is 17.3 Å². The molecule has 1 saturated heterocycles. The van der Waals surface area contributed by atoms with E-state index in [2.05, 4.69) is 20.2 Å². The lowest BCUT2D eigenvalue weighted by Crippen LogP contribution is -2.36. The highest BCUT2D eigenvalue weighted by atomic mass is 16.5. The minimum Gasteiger partial charge on any atom is -0.471 e. The smallest absolute Gasteiger partial charge is 0.277 e. The number of ether oxygens (including phenoxy) is 1. The van der Waals surface area contributed by atoms with Gasteiger partial charge in [0.1, 0.15) is 17.7 Å². The summed E-state index contributed by atoms with van der Waals surface area (Å²) in [5.41, 5.74) is 7.71. The summed E-state index contributed by atoms with van der Waals surface area (Å²) in [7, 11) is 0. The maximum absolute atomic E-state index is 13.1. The highest BCUT2D eigenvalue weighted by molar-refractivity contribution is 6.04. The number of nitrogens with two attached hydrogens (primary N) is 1. The first-order valence-corrected chi connectivity index (χ1v) is 11.4. The van der Waals surface area contributed by atoms with Crippen molar-refractivity contribution in [3.8, 4) is 17.3 Å². The van der Waals surface area contributed by atoms with Crippen molar-refractivity contribution in [1.29, 1.82) is 0 Å². The second-order valence-electron chi connectivity index (χ2n) is 9.44. The number of nitrogens with one attached hydrogen (secondary N) is 1. The molecular formula is C24H28N6O4. The quantitative estimate of drug-likeness (QED) is 0.520. The van der Waals surface area contributed by atoms with Crippen LogP contribution in [0.5, 0.6) is 5.88 Å². The Morgan fingerprint density at radius 1 is 1.29 bits per heavy atom. The molecule has 2 aliphatic heterocycles. The maximum Gasteiger partial charge on any atom is 0.277 e. The number of aromatic nitrogens is 3. The van der Waals surface area contributed by atoms with E-state index in [9.17, 15) is 9.90 Å². The Balaban J connectivity index is 1.42. The van der Waals surface area contributed by atoms with Crippen LogP contribution in [0.3, 0.4) is 0 Å². The molecule has 10 nitrogen and oxygen atoms in total. The maximum atomic E-state index is 13.1. The Kier molecular flexibility index (Phi) is 5.60. The minimum absolute atomic E-state index is 0.146. The van der Waals surface area contributed by atoms with Gasteiger partial charge in [-0.05, 0) is 50.8 Å². The third-order valence-corrected chi connectivity index (χ3v) is 6.22. The zero-order valence-electron chi connectivity index (χ0n) is 19.2. The van der Waals surface area contributed by atoms with Gasteiger partial charge in [0.15, 0.2) is 11.5 Å². The first-order valence-electron chi connectivity index (χ1n) is 11.4. The van der Waals surface area contributed by atoms with Crippen molar-refractivity contribution in [2.24, 2.45) is 5.92 Å². The standard InChI is InChI=1S/C24H28N6O4/c1-24(2)11-16-9-17(20(29-23(16)34-24)30-7-4-14(12-31)5-8-30)27-21(32)18-13-33-22(28-18)15-3-6-26-19(25)10-15/h3,6,9-10,13-14,31H,4-5,7-8,11-12H2,1-2H3,(H2,25,26)(H,27,32). The van der Waals surface area contributed by atoms with Crippen LogP contribution < -0.4 is 20.7 Å². The second kappa shape index (κ2) is 8.60. The van der Waals surface area contributed by atoms with Crippen molar-refractivity contribution in [1.82, 2.24) is 15.0 Å². The van der Waals surface area contributed by atoms with Crippen LogP contribution in [0.15, 0.2) is 35.1 Å². The number of nitrogen functional groups attached to an aromatic ring is 1. The predicted molar refractivity (Wildman–Crippen MR) is 127 cm³/mol. The van der Waals surface area contributed by atoms with Gasteiger partial charge in [0.25, 0.3) is 5.91 Å². The summed E-state index contributed by atoms with van der Waals surface area (Å²) >= 11 is 0. The molecule has 3 aromatic rings. The van der Waals surface area contributed by atoms with E-state index in [0.717, 1.165) is 31.5 Å². The summed E-state index contributed by atoms with van der Waals surface area (Å²) in [6, 6.07) is 5.28. The molecule has 0 aromatic carbocycles. The fourth-order valence-corrected chi connectivity index (χ4v) is 4.44. The van der Waals surface area contributed by atoms with E-state index < -0.39 is 5.91 Å². The number of nitrogens with zero attached hydrogens (tertiary/aromatic N) is 4. The third-order valence-electron chi connectivity index (χ3n) is 6.22. The lowest BCUT2D eigenvalue weighted by Gasteiger charge is -2.33. The van der Waals surface area contributed by atoms with Gasteiger partial charge in [-0.25, -0.2) is 9.97 Å². The number of fused-ring (bicyclic) bond motifs is 1. The Morgan fingerprint density at radius 3 is 2.82 bits per heavy atom. The zero-order valence-corrected chi connectivity index (χ0v) is 19.2. The number of anilines is 3. The molecule has 5 heterocycles. The summed E-state index contributed by atoms with van der Waals surface area (Å²) in [4.78, 5) is 28.3. The molecule has 0 radical (unpaired) electrons. The molecule has 3 aromatic heterocycles. The normalized spacial score (nSPS) is 17.3. The molecule has 2 aliphatic rings. The summed E-state index contributed by atoms with van der Waals surface area (Å²) in [5, 5.41) is 12.5. The van der Waals surface area contributed by atoms with Crippen LogP contribution >= 0.6 is 0 Å². The summed E-state index contributed by atoms with van der Waals surface area (Å²) < 4.78 is 11.6. The molecular weight excluding hydrogens is 436 g/mol. The molecule has 0 unspecified atom stereocenters. The van der Waals surface area contributed by atoms with Crippen molar-refractivity contribution >= 4 is 23.2 Å². The van der Waals surface area contributed by atoms with E-state index >= 15 is 0 Å². The fraction of sp³-hybridized carbons (Fsp3) is 0.417. The predicted octanol–water partition coefficient (Wildman–Crippen LogP) is 2.89. The lowest BCUT2D eigenvalue weighted by atomic mass is 9.97. The number of aliphatic hydroxyl groups is 1. The van der Waals surface area contributed by atoms with E-state index in [4.69, 9.17) is 19.9 Å². The van der Waals surface area contributed by atoms with Crippen molar-refractivity contribution < 1.29 is 19.1 Å². The van der Waals surface area contributed by atoms with Gasteiger partial charge >= 0.3 is 0 Å². The SMILES string of the molecule is CC1(C)Cc2cc(NC(=O)c3coc(-c4ccnc(N)c4)n3)c(N3CCC(CO)CC3)nc2O1. The number of oxazole rings is 1. The number of aliphatic hydroxyl groups excluding tert-OH is 1. The molecule has 0 bridgehead atoms. The minimum atomic E-state index is -0.400. The Morgan fingerprint density at radius 2 is 2.09 bits per heavy atom. The fourth-order valence-electron chi connectivity index (χ4n) is 4.44. The van der Waals surface area contributed by atoms with Gasteiger partial charge in [-0.1, -0.05) is 0 Å². The number of carbonyl (C=O) groups excluding carboxylic acids is 1. The molecule has 0 spiro atoms. The average Bonchev–Trinajstić information content (AvgIpc) is 3.42. The molecule has 1 amide bonds. The van der Waals surface area contributed by atoms with Crippen LogP contribution in [0.2, 0.25) is 0 Å². The van der Waals surface area contributed by atoms with Crippen LogP contribution in [-0.2, 0) is 6.42 Å². The number of amides is 1. The van der Waals surface area contributed by atoms with Crippen LogP contribution in [0.25, 0.3) is 11.5 Å². The summed E-state index contributed by atoms with van der Waals surface area (Å²) in [6.45, 7) is 5.69. The van der Waals surface area contributed by atoms with Gasteiger partial charge in [-0.2, -0.15) is 4.98 Å². The van der Waals surface area contributed by atoms with E-state index in [-0.39, 0.29) is 29.7 Å². The van der Waals surface area contributed by atoms with Crippen LogP contribution in [0.1, 0.15) is 42.7 Å². The Labute approximate surface area is 197 Å². The first kappa shape index (κ1) is 22.1. The highest BCUT2D eigenvalue weighted by Gasteiger charge is 2.34. The highest BCUT2D eigenvalue weighted by Crippen LogP contribution is 2.39. The third kappa shape index (κ3) is 4.41. The molecule has 178 valence electrons. The second-order valence-corrected chi connectivity index (χ2v) is 9.44. The lowest BCUT2D eigenvalue weighted by molar-refractivity contribution is 0.102. The number of carbonyl (C=O) groups is 1. The number of piperidine rings is 1. The molecule has 0 aliphatic carbocycles. The van der Waals surface area contributed by atoms with Crippen LogP contribution in [0, 0.1) is 5.92 Å². The number of hydrogen-bond donors (Lipinski definition) is 3. The summed E-state index contributed by atoms with van der Waals surface area (Å²) in [6.07, 6.45) is 5.29. The van der Waals surface area contributed by atoms with Gasteiger partial charge in [0.2, 0.25) is 11.8 Å². The van der Waals surface area contributed by atoms with Crippen LogP contribution in [-0.4, -0.2) is 51.3 Å². The monoisotopic (exact) mass is 464 g/mol. The van der Waals surface area contributed by atoms with Gasteiger partial charge in [-0.3, -0.25) is 4.79 Å². The number of pyridine rings is 2. The molecule has 34 heavy (non-hydrogen) atoms.